The molecule has 0 fully saturated rings. The molecule has 130 valence electrons. The Hall–Kier alpha value is -2.17. The van der Waals surface area contributed by atoms with Crippen LogP contribution < -0.4 is 5.32 Å². The molecule has 0 aliphatic carbocycles. The molecule has 0 aliphatic rings. The Morgan fingerprint density at radius 2 is 1.96 bits per heavy atom. The highest BCUT2D eigenvalue weighted by atomic mass is 35.5. The number of hydrogen-bond acceptors (Lipinski definition) is 4. The fourth-order valence-electron chi connectivity index (χ4n) is 2.74. The summed E-state index contributed by atoms with van der Waals surface area (Å²) in [7, 11) is 0. The van der Waals surface area contributed by atoms with Gasteiger partial charge in [0, 0.05) is 22.5 Å². The van der Waals surface area contributed by atoms with E-state index in [1.165, 1.54) is 0 Å². The molecule has 0 amide bonds. The first-order valence-electron chi connectivity index (χ1n) is 8.46. The Balaban J connectivity index is 2.01. The van der Waals surface area contributed by atoms with Crippen LogP contribution in [0.3, 0.4) is 0 Å². The fourth-order valence-corrected chi connectivity index (χ4v) is 2.96. The summed E-state index contributed by atoms with van der Waals surface area (Å²) in [6.45, 7) is 5.26. The van der Waals surface area contributed by atoms with Crippen molar-refractivity contribution in [3.8, 4) is 11.1 Å². The van der Waals surface area contributed by atoms with Crippen molar-refractivity contribution in [3.63, 3.8) is 0 Å². The maximum atomic E-state index is 9.38. The highest BCUT2D eigenvalue weighted by Gasteiger charge is 2.09. The van der Waals surface area contributed by atoms with Gasteiger partial charge in [0.25, 0.3) is 0 Å². The van der Waals surface area contributed by atoms with Crippen molar-refractivity contribution in [1.82, 2.24) is 9.97 Å². The van der Waals surface area contributed by atoms with Crippen LogP contribution in [0.5, 0.6) is 0 Å². The van der Waals surface area contributed by atoms with Crippen LogP contribution in [0, 0.1) is 5.92 Å². The lowest BCUT2D eigenvalue weighted by atomic mass is 10.0. The Labute approximate surface area is 152 Å². The van der Waals surface area contributed by atoms with Gasteiger partial charge < -0.3 is 10.4 Å². The van der Waals surface area contributed by atoms with Gasteiger partial charge in [0.2, 0.25) is 0 Å². The average Bonchev–Trinajstić information content (AvgIpc) is 2.62. The van der Waals surface area contributed by atoms with Gasteiger partial charge in [-0.15, -0.1) is 0 Å². The van der Waals surface area contributed by atoms with Crippen LogP contribution in [0.25, 0.3) is 22.0 Å². The van der Waals surface area contributed by atoms with E-state index in [2.05, 4.69) is 35.2 Å². The number of anilines is 1. The van der Waals surface area contributed by atoms with E-state index in [1.807, 2.05) is 30.3 Å². The van der Waals surface area contributed by atoms with Gasteiger partial charge in [-0.1, -0.05) is 37.6 Å². The SMILES string of the molecule is CC(C)CCNc1ncnc2ccc(-c3cc(CO)ccc3Cl)cc12. The molecule has 25 heavy (non-hydrogen) atoms. The first-order valence-corrected chi connectivity index (χ1v) is 8.84. The van der Waals surface area contributed by atoms with Crippen LogP contribution in [-0.4, -0.2) is 21.6 Å². The summed E-state index contributed by atoms with van der Waals surface area (Å²) < 4.78 is 0. The monoisotopic (exact) mass is 355 g/mol. The lowest BCUT2D eigenvalue weighted by Crippen LogP contribution is -2.06. The molecule has 3 rings (SSSR count). The van der Waals surface area contributed by atoms with E-state index in [4.69, 9.17) is 11.6 Å². The van der Waals surface area contributed by atoms with E-state index in [1.54, 1.807) is 6.33 Å². The van der Waals surface area contributed by atoms with Crippen LogP contribution in [-0.2, 0) is 6.61 Å². The first-order chi connectivity index (χ1) is 12.1. The molecule has 4 nitrogen and oxygen atoms in total. The molecular formula is C20H22ClN3O. The van der Waals surface area contributed by atoms with E-state index < -0.39 is 0 Å². The van der Waals surface area contributed by atoms with E-state index in [0.717, 1.165) is 46.4 Å². The molecule has 0 aliphatic heterocycles. The van der Waals surface area contributed by atoms with Gasteiger partial charge in [-0.25, -0.2) is 9.97 Å². The zero-order valence-corrected chi connectivity index (χ0v) is 15.2. The normalized spacial score (nSPS) is 11.2. The third-order valence-corrected chi connectivity index (χ3v) is 4.50. The van der Waals surface area contributed by atoms with Crippen molar-refractivity contribution in [2.75, 3.05) is 11.9 Å². The minimum atomic E-state index is -0.0110. The number of halogens is 1. The maximum absolute atomic E-state index is 9.38. The Morgan fingerprint density at radius 3 is 2.72 bits per heavy atom. The molecule has 0 unspecified atom stereocenters. The second kappa shape index (κ2) is 7.81. The van der Waals surface area contributed by atoms with Crippen molar-refractivity contribution in [3.05, 3.63) is 53.3 Å². The van der Waals surface area contributed by atoms with Gasteiger partial charge in [0.1, 0.15) is 12.1 Å². The number of benzene rings is 2. The predicted octanol–water partition coefficient (Wildman–Crippen LogP) is 4.90. The van der Waals surface area contributed by atoms with Crippen LogP contribution in [0.2, 0.25) is 5.02 Å². The van der Waals surface area contributed by atoms with Crippen LogP contribution in [0.4, 0.5) is 5.82 Å². The molecule has 0 saturated carbocycles. The highest BCUT2D eigenvalue weighted by Crippen LogP contribution is 2.32. The number of aliphatic hydroxyl groups excluding tert-OH is 1. The minimum absolute atomic E-state index is 0.0110. The van der Waals surface area contributed by atoms with Gasteiger partial charge in [-0.2, -0.15) is 0 Å². The van der Waals surface area contributed by atoms with Crippen molar-refractivity contribution in [2.45, 2.75) is 26.9 Å². The summed E-state index contributed by atoms with van der Waals surface area (Å²) in [5, 5.41) is 14.4. The Morgan fingerprint density at radius 1 is 1.12 bits per heavy atom. The van der Waals surface area contributed by atoms with E-state index in [-0.39, 0.29) is 6.61 Å². The van der Waals surface area contributed by atoms with Gasteiger partial charge in [0.15, 0.2) is 0 Å². The van der Waals surface area contributed by atoms with Crippen LogP contribution in [0.15, 0.2) is 42.7 Å². The first kappa shape index (κ1) is 17.6. The van der Waals surface area contributed by atoms with E-state index >= 15 is 0 Å². The molecule has 2 N–H and O–H groups in total. The van der Waals surface area contributed by atoms with Gasteiger partial charge >= 0.3 is 0 Å². The quantitative estimate of drug-likeness (QED) is 0.660. The number of aromatic nitrogens is 2. The number of aliphatic hydroxyl groups is 1. The lowest BCUT2D eigenvalue weighted by Gasteiger charge is -2.12. The number of rotatable bonds is 6. The predicted molar refractivity (Wildman–Crippen MR) is 104 cm³/mol. The topological polar surface area (TPSA) is 58.0 Å². The number of hydrogen-bond donors (Lipinski definition) is 2. The van der Waals surface area contributed by atoms with Crippen molar-refractivity contribution in [2.24, 2.45) is 5.92 Å². The van der Waals surface area contributed by atoms with Crippen LogP contribution >= 0.6 is 11.6 Å². The number of fused-ring (bicyclic) bond motifs is 1. The summed E-state index contributed by atoms with van der Waals surface area (Å²) in [5.74, 6) is 1.47. The van der Waals surface area contributed by atoms with E-state index in [9.17, 15) is 5.11 Å². The standard InChI is InChI=1S/C20H22ClN3O/c1-13(2)7-8-22-20-17-10-15(4-6-19(17)23-12-24-20)16-9-14(11-25)3-5-18(16)21/h3-6,9-10,12-13,25H,7-8,11H2,1-2H3,(H,22,23,24). The Kier molecular flexibility index (Phi) is 5.51. The number of nitrogens with zero attached hydrogens (tertiary/aromatic N) is 2. The molecule has 1 heterocycles. The van der Waals surface area contributed by atoms with Crippen molar-refractivity contribution in [1.29, 1.82) is 0 Å². The summed E-state index contributed by atoms with van der Waals surface area (Å²) in [6, 6.07) is 11.6. The third kappa shape index (κ3) is 4.09. The molecule has 0 spiro atoms. The fraction of sp³-hybridized carbons (Fsp3) is 0.300. The number of nitrogens with one attached hydrogen (secondary N) is 1. The second-order valence-corrected chi connectivity index (χ2v) is 6.94. The molecule has 5 heteroatoms. The second-order valence-electron chi connectivity index (χ2n) is 6.54. The zero-order chi connectivity index (χ0) is 17.8. The van der Waals surface area contributed by atoms with Gasteiger partial charge in [-0.05, 0) is 47.7 Å². The largest absolute Gasteiger partial charge is 0.392 e. The molecule has 2 aromatic carbocycles. The average molecular weight is 356 g/mol. The van der Waals surface area contributed by atoms with Crippen LogP contribution in [0.1, 0.15) is 25.8 Å². The summed E-state index contributed by atoms with van der Waals surface area (Å²) >= 11 is 6.37. The molecular weight excluding hydrogens is 334 g/mol. The van der Waals surface area contributed by atoms with E-state index in [0.29, 0.717) is 10.9 Å². The van der Waals surface area contributed by atoms with Crippen molar-refractivity contribution < 1.29 is 5.11 Å². The molecule has 0 saturated heterocycles. The summed E-state index contributed by atoms with van der Waals surface area (Å²) in [5.41, 5.74) is 3.60. The molecule has 0 atom stereocenters. The minimum Gasteiger partial charge on any atom is -0.392 e. The molecule has 1 aromatic heterocycles. The van der Waals surface area contributed by atoms with Gasteiger partial charge in [0.05, 0.1) is 12.1 Å². The summed E-state index contributed by atoms with van der Waals surface area (Å²) in [6.07, 6.45) is 2.66. The molecule has 0 radical (unpaired) electrons. The summed E-state index contributed by atoms with van der Waals surface area (Å²) in [4.78, 5) is 8.75. The van der Waals surface area contributed by atoms with Crippen molar-refractivity contribution >= 4 is 28.3 Å². The zero-order valence-electron chi connectivity index (χ0n) is 14.5. The Bertz CT molecular complexity index is 880. The third-order valence-electron chi connectivity index (χ3n) is 4.17. The highest BCUT2D eigenvalue weighted by molar-refractivity contribution is 6.33. The smallest absolute Gasteiger partial charge is 0.137 e. The van der Waals surface area contributed by atoms with Gasteiger partial charge in [-0.3, -0.25) is 0 Å². The maximum Gasteiger partial charge on any atom is 0.137 e. The molecule has 3 aromatic rings. The molecule has 0 bridgehead atoms. The lowest BCUT2D eigenvalue weighted by molar-refractivity contribution is 0.282.